The molecule has 434 valence electrons. The average Bonchev–Trinajstić information content (AvgIpc) is 3.40. The van der Waals surface area contributed by atoms with Gasteiger partial charge in [0, 0.05) is 12.8 Å². The molecule has 2 atom stereocenters. The van der Waals surface area contributed by atoms with Gasteiger partial charge in [-0.15, -0.1) is 0 Å². The largest absolute Gasteiger partial charge is 0.466 e. The number of unbranched alkanes of at least 4 members (excludes halogenated alkanes) is 42. The number of allylic oxidation sites excluding steroid dienone is 8. The van der Waals surface area contributed by atoms with Crippen LogP contribution in [0.4, 0.5) is 0 Å². The number of nitrogens with one attached hydrogen (secondary N) is 1. The van der Waals surface area contributed by atoms with Gasteiger partial charge in [0.1, 0.15) is 0 Å². The third kappa shape index (κ3) is 59.1. The molecule has 6 heteroatoms. The van der Waals surface area contributed by atoms with Gasteiger partial charge in [-0.25, -0.2) is 0 Å². The van der Waals surface area contributed by atoms with Crippen LogP contribution < -0.4 is 5.32 Å². The van der Waals surface area contributed by atoms with E-state index >= 15 is 0 Å². The molecule has 0 aliphatic heterocycles. The highest BCUT2D eigenvalue weighted by Crippen LogP contribution is 2.17. The molecule has 0 aliphatic carbocycles. The van der Waals surface area contributed by atoms with Gasteiger partial charge in [0.25, 0.3) is 0 Å². The van der Waals surface area contributed by atoms with Gasteiger partial charge in [-0.3, -0.25) is 9.59 Å². The first-order valence-electron chi connectivity index (χ1n) is 32.9. The number of aliphatic hydroxyl groups excluding tert-OH is 2. The Hall–Kier alpha value is -2.18. The molecule has 74 heavy (non-hydrogen) atoms. The van der Waals surface area contributed by atoms with Gasteiger partial charge in [-0.2, -0.15) is 0 Å². The highest BCUT2D eigenvalue weighted by Gasteiger charge is 2.20. The van der Waals surface area contributed by atoms with Crippen LogP contribution in [0.3, 0.4) is 0 Å². The molecule has 0 aliphatic rings. The molecule has 6 nitrogen and oxygen atoms in total. The molecule has 0 fully saturated rings. The average molecular weight is 1040 g/mol. The maximum Gasteiger partial charge on any atom is 0.305 e. The summed E-state index contributed by atoms with van der Waals surface area (Å²) in [6.07, 6.45) is 81.4. The topological polar surface area (TPSA) is 95.9 Å². The van der Waals surface area contributed by atoms with Crippen molar-refractivity contribution in [3.8, 4) is 0 Å². The van der Waals surface area contributed by atoms with Crippen LogP contribution >= 0.6 is 0 Å². The van der Waals surface area contributed by atoms with E-state index in [0.717, 1.165) is 57.8 Å². The highest BCUT2D eigenvalue weighted by atomic mass is 16.5. The number of aliphatic hydroxyl groups is 2. The number of hydrogen-bond acceptors (Lipinski definition) is 5. The Kier molecular flexibility index (Phi) is 61.5. The van der Waals surface area contributed by atoms with Gasteiger partial charge in [-0.1, -0.05) is 294 Å². The van der Waals surface area contributed by atoms with Crippen LogP contribution in [0.2, 0.25) is 0 Å². The molecular weight excluding hydrogens is 911 g/mol. The third-order valence-electron chi connectivity index (χ3n) is 15.1. The minimum atomic E-state index is -0.666. The lowest BCUT2D eigenvalue weighted by molar-refractivity contribution is -0.143. The Labute approximate surface area is 461 Å². The maximum absolute atomic E-state index is 12.5. The van der Waals surface area contributed by atoms with Gasteiger partial charge < -0.3 is 20.3 Å². The van der Waals surface area contributed by atoms with E-state index in [4.69, 9.17) is 4.74 Å². The molecule has 0 rings (SSSR count). The summed E-state index contributed by atoms with van der Waals surface area (Å²) in [5, 5.41) is 23.2. The van der Waals surface area contributed by atoms with Crippen molar-refractivity contribution in [2.75, 3.05) is 13.2 Å². The van der Waals surface area contributed by atoms with Crippen molar-refractivity contribution in [2.45, 2.75) is 360 Å². The molecule has 1 amide bonds. The van der Waals surface area contributed by atoms with Gasteiger partial charge in [0.15, 0.2) is 0 Å². The number of esters is 1. The Balaban J connectivity index is 3.40. The lowest BCUT2D eigenvalue weighted by atomic mass is 10.0. The third-order valence-corrected chi connectivity index (χ3v) is 15.1. The lowest BCUT2D eigenvalue weighted by Crippen LogP contribution is -2.45. The van der Waals surface area contributed by atoms with Crippen LogP contribution in [0.1, 0.15) is 348 Å². The number of hydrogen-bond donors (Lipinski definition) is 3. The molecule has 2 unspecified atom stereocenters. The van der Waals surface area contributed by atoms with Gasteiger partial charge in [0.05, 0.1) is 25.4 Å². The number of ether oxygens (including phenoxy) is 1. The molecule has 0 spiro atoms. The molecule has 0 saturated carbocycles. The summed E-state index contributed by atoms with van der Waals surface area (Å²) >= 11 is 0. The Morgan fingerprint density at radius 3 is 1.04 bits per heavy atom. The normalized spacial score (nSPS) is 12.9. The van der Waals surface area contributed by atoms with Crippen LogP contribution in [0, 0.1) is 0 Å². The summed E-state index contributed by atoms with van der Waals surface area (Å²) in [6, 6.07) is -0.544. The lowest BCUT2D eigenvalue weighted by Gasteiger charge is -2.22. The molecule has 0 aromatic rings. The summed E-state index contributed by atoms with van der Waals surface area (Å²) in [7, 11) is 0. The van der Waals surface area contributed by atoms with E-state index in [9.17, 15) is 19.8 Å². The van der Waals surface area contributed by atoms with Crippen molar-refractivity contribution < 1.29 is 24.5 Å². The molecule has 0 radical (unpaired) electrons. The molecule has 0 aromatic heterocycles. The summed E-state index contributed by atoms with van der Waals surface area (Å²) in [5.74, 6) is -0.0350. The summed E-state index contributed by atoms with van der Waals surface area (Å²) in [5.41, 5.74) is 0. The van der Waals surface area contributed by atoms with Crippen molar-refractivity contribution in [3.63, 3.8) is 0 Å². The van der Waals surface area contributed by atoms with Crippen molar-refractivity contribution >= 4 is 11.9 Å². The first-order valence-corrected chi connectivity index (χ1v) is 32.9. The maximum atomic E-state index is 12.5. The first kappa shape index (κ1) is 71.8. The van der Waals surface area contributed by atoms with E-state index in [2.05, 4.69) is 67.8 Å². The van der Waals surface area contributed by atoms with Crippen molar-refractivity contribution in [2.24, 2.45) is 0 Å². The number of carbonyl (C=O) groups excluding carboxylic acids is 2. The monoisotopic (exact) mass is 1040 g/mol. The summed E-state index contributed by atoms with van der Waals surface area (Å²) in [6.45, 7) is 4.94. The fourth-order valence-electron chi connectivity index (χ4n) is 10.1. The number of rotatable bonds is 61. The fraction of sp³-hybridized carbons (Fsp3) is 0.853. The van der Waals surface area contributed by atoms with Crippen LogP contribution in [-0.4, -0.2) is 47.4 Å². The predicted octanol–water partition coefficient (Wildman–Crippen LogP) is 20.9. The minimum Gasteiger partial charge on any atom is -0.466 e. The van der Waals surface area contributed by atoms with E-state index in [-0.39, 0.29) is 18.5 Å². The molecule has 0 bridgehead atoms. The molecule has 0 aromatic carbocycles. The Morgan fingerprint density at radius 2 is 0.676 bits per heavy atom. The second-order valence-corrected chi connectivity index (χ2v) is 22.4. The molecular formula is C68H127NO5. The van der Waals surface area contributed by atoms with Crippen LogP contribution in [0.25, 0.3) is 0 Å². The quantitative estimate of drug-likeness (QED) is 0.0320. The van der Waals surface area contributed by atoms with Crippen molar-refractivity contribution in [3.05, 3.63) is 48.6 Å². The van der Waals surface area contributed by atoms with E-state index in [1.807, 2.05) is 0 Å². The van der Waals surface area contributed by atoms with Gasteiger partial charge >= 0.3 is 5.97 Å². The number of amides is 1. The van der Waals surface area contributed by atoms with Crippen LogP contribution in [0.15, 0.2) is 48.6 Å². The molecule has 3 N–H and O–H groups in total. The SMILES string of the molecule is CCCCCC/C=C\C/C=C\CCCCCCCCCC(=O)OCCCCCCCCCCC/C=C\C/C=C\CCCCCCCCCCCCCC(=O)NC(CO)C(O)CCCCCCCCCCCCCC. The fourth-order valence-corrected chi connectivity index (χ4v) is 10.1. The first-order chi connectivity index (χ1) is 36.5. The number of carbonyl (C=O) groups is 2. The van der Waals surface area contributed by atoms with Crippen LogP contribution in [0.5, 0.6) is 0 Å². The van der Waals surface area contributed by atoms with Crippen LogP contribution in [-0.2, 0) is 14.3 Å². The molecule has 0 saturated heterocycles. The van der Waals surface area contributed by atoms with Crippen molar-refractivity contribution in [1.29, 1.82) is 0 Å². The van der Waals surface area contributed by atoms with E-state index in [1.165, 1.54) is 257 Å². The smallest absolute Gasteiger partial charge is 0.305 e. The zero-order chi connectivity index (χ0) is 53.6. The minimum absolute atomic E-state index is 0.00318. The zero-order valence-corrected chi connectivity index (χ0v) is 49.6. The predicted molar refractivity (Wildman–Crippen MR) is 324 cm³/mol. The second kappa shape index (κ2) is 63.4. The highest BCUT2D eigenvalue weighted by molar-refractivity contribution is 5.76. The van der Waals surface area contributed by atoms with Gasteiger partial charge in [0.2, 0.25) is 5.91 Å². The van der Waals surface area contributed by atoms with Gasteiger partial charge in [-0.05, 0) is 89.9 Å². The molecule has 0 heterocycles. The van der Waals surface area contributed by atoms with E-state index in [0.29, 0.717) is 25.9 Å². The standard InChI is InChI=1S/C68H127NO5/c1-3-5-7-9-11-13-15-17-18-19-32-35-38-42-46-50-54-58-62-68(73)74-63-59-55-51-47-43-39-36-33-30-28-26-24-22-20-21-23-25-27-29-31-34-37-41-45-49-53-57-61-67(72)69-65(64-70)66(71)60-56-52-48-44-40-16-14-12-10-8-6-4-2/h13,15,18-21,24,26,65-66,70-71H,3-12,14,16-17,22-23,25,27-64H2,1-2H3,(H,69,72)/b15-13-,19-18-,21-20-,26-24-. The Morgan fingerprint density at radius 1 is 0.378 bits per heavy atom. The van der Waals surface area contributed by atoms with E-state index in [1.54, 1.807) is 0 Å². The Bertz CT molecular complexity index is 1240. The second-order valence-electron chi connectivity index (χ2n) is 22.4. The zero-order valence-electron chi connectivity index (χ0n) is 49.6. The summed E-state index contributed by atoms with van der Waals surface area (Å²) in [4.78, 5) is 24.6. The van der Waals surface area contributed by atoms with Crippen molar-refractivity contribution in [1.82, 2.24) is 5.32 Å². The van der Waals surface area contributed by atoms with E-state index < -0.39 is 12.1 Å². The summed E-state index contributed by atoms with van der Waals surface area (Å²) < 4.78 is 5.49.